The van der Waals surface area contributed by atoms with Gasteiger partial charge >= 0.3 is 6.09 Å². The van der Waals surface area contributed by atoms with Crippen LogP contribution < -0.4 is 25.4 Å². The van der Waals surface area contributed by atoms with Gasteiger partial charge in [0.25, 0.3) is 0 Å². The zero-order valence-electron chi connectivity index (χ0n) is 15.9. The Labute approximate surface area is 157 Å². The Balaban J connectivity index is 1.71. The minimum atomic E-state index is -0.696. The lowest BCUT2D eigenvalue weighted by atomic mass is 10.1. The predicted octanol–water partition coefficient (Wildman–Crippen LogP) is 1.23. The molecular weight excluding hydrogens is 354 g/mol. The Morgan fingerprint density at radius 3 is 2.44 bits per heavy atom. The van der Waals surface area contributed by atoms with Gasteiger partial charge in [0.15, 0.2) is 11.5 Å². The number of hydrogen-bond acceptors (Lipinski definition) is 6. The first kappa shape index (κ1) is 20.3. The summed E-state index contributed by atoms with van der Waals surface area (Å²) in [6.45, 7) is 6.68. The molecule has 1 aliphatic heterocycles. The van der Waals surface area contributed by atoms with E-state index in [4.69, 9.17) is 14.2 Å². The van der Waals surface area contributed by atoms with Gasteiger partial charge in [-0.3, -0.25) is 9.59 Å². The first-order chi connectivity index (χ1) is 12.6. The third-order valence-corrected chi connectivity index (χ3v) is 3.51. The quantitative estimate of drug-likeness (QED) is 0.685. The average molecular weight is 379 g/mol. The molecular formula is C18H25N3O6. The maximum Gasteiger partial charge on any atom is 0.408 e. The van der Waals surface area contributed by atoms with Gasteiger partial charge in [0.1, 0.15) is 12.1 Å². The van der Waals surface area contributed by atoms with Crippen LogP contribution in [0.3, 0.4) is 0 Å². The molecule has 3 amide bonds. The summed E-state index contributed by atoms with van der Waals surface area (Å²) in [5.74, 6) is 0.453. The highest BCUT2D eigenvalue weighted by Gasteiger charge is 2.18. The number of rotatable bonds is 6. The molecule has 0 bridgehead atoms. The number of carbonyl (C=O) groups is 3. The van der Waals surface area contributed by atoms with Crippen molar-refractivity contribution in [3.05, 3.63) is 23.8 Å². The number of ether oxygens (including phenoxy) is 3. The largest absolute Gasteiger partial charge is 0.454 e. The lowest BCUT2D eigenvalue weighted by Gasteiger charge is -2.19. The standard InChI is InChI=1S/C18H25N3O6/c1-11(12-5-6-13-14(7-12)26-10-25-13)21-16(23)9-19-15(22)8-20-17(24)27-18(2,3)4/h5-7,11H,8-10H2,1-4H3,(H,19,22)(H,20,24)(H,21,23). The zero-order valence-corrected chi connectivity index (χ0v) is 15.9. The number of hydrogen-bond donors (Lipinski definition) is 3. The lowest BCUT2D eigenvalue weighted by Crippen LogP contribution is -2.43. The minimum absolute atomic E-state index is 0.183. The fourth-order valence-corrected chi connectivity index (χ4v) is 2.27. The number of alkyl carbamates (subject to hydrolysis) is 1. The van der Waals surface area contributed by atoms with Crippen LogP contribution in [0, 0.1) is 0 Å². The smallest absolute Gasteiger partial charge is 0.408 e. The van der Waals surface area contributed by atoms with E-state index >= 15 is 0 Å². The van der Waals surface area contributed by atoms with Gasteiger partial charge < -0.3 is 30.2 Å². The van der Waals surface area contributed by atoms with Gasteiger partial charge in [-0.15, -0.1) is 0 Å². The number of fused-ring (bicyclic) bond motifs is 1. The Bertz CT molecular complexity index is 714. The molecule has 9 heteroatoms. The van der Waals surface area contributed by atoms with Crippen molar-refractivity contribution in [3.8, 4) is 11.5 Å². The maximum absolute atomic E-state index is 12.0. The molecule has 0 aliphatic carbocycles. The Morgan fingerprint density at radius 2 is 1.74 bits per heavy atom. The van der Waals surface area contributed by atoms with Crippen LogP contribution >= 0.6 is 0 Å². The molecule has 1 aromatic rings. The molecule has 1 aliphatic rings. The van der Waals surface area contributed by atoms with Crippen molar-refractivity contribution in [1.82, 2.24) is 16.0 Å². The van der Waals surface area contributed by atoms with Gasteiger partial charge in [-0.25, -0.2) is 4.79 Å². The molecule has 9 nitrogen and oxygen atoms in total. The summed E-state index contributed by atoms with van der Waals surface area (Å²) in [7, 11) is 0. The molecule has 27 heavy (non-hydrogen) atoms. The van der Waals surface area contributed by atoms with Crippen LogP contribution in [0.15, 0.2) is 18.2 Å². The minimum Gasteiger partial charge on any atom is -0.454 e. The van der Waals surface area contributed by atoms with E-state index in [0.29, 0.717) is 11.5 Å². The van der Waals surface area contributed by atoms with E-state index in [9.17, 15) is 14.4 Å². The summed E-state index contributed by atoms with van der Waals surface area (Å²) in [4.78, 5) is 35.2. The second-order valence-electron chi connectivity index (χ2n) is 7.03. The van der Waals surface area contributed by atoms with Crippen LogP contribution in [-0.2, 0) is 14.3 Å². The van der Waals surface area contributed by atoms with E-state index in [0.717, 1.165) is 5.56 Å². The molecule has 1 heterocycles. The summed E-state index contributed by atoms with van der Waals surface area (Å²) in [5, 5.41) is 7.53. The molecule has 0 aromatic heterocycles. The van der Waals surface area contributed by atoms with Gasteiger partial charge in [0.05, 0.1) is 12.6 Å². The topological polar surface area (TPSA) is 115 Å². The van der Waals surface area contributed by atoms with Crippen LogP contribution in [0.4, 0.5) is 4.79 Å². The van der Waals surface area contributed by atoms with Crippen LogP contribution in [0.5, 0.6) is 11.5 Å². The summed E-state index contributed by atoms with van der Waals surface area (Å²) < 4.78 is 15.6. The highest BCUT2D eigenvalue weighted by Crippen LogP contribution is 2.34. The molecule has 0 spiro atoms. The molecule has 0 saturated heterocycles. The van der Waals surface area contributed by atoms with E-state index in [1.165, 1.54) is 0 Å². The third kappa shape index (κ3) is 6.69. The van der Waals surface area contributed by atoms with Gasteiger partial charge in [-0.2, -0.15) is 0 Å². The van der Waals surface area contributed by atoms with Crippen molar-refractivity contribution in [2.24, 2.45) is 0 Å². The van der Waals surface area contributed by atoms with Gasteiger partial charge in [0, 0.05) is 0 Å². The van der Waals surface area contributed by atoms with E-state index in [2.05, 4.69) is 16.0 Å². The Hall–Kier alpha value is -2.97. The normalized spacial score (nSPS) is 13.5. The Kier molecular flexibility index (Phi) is 6.49. The van der Waals surface area contributed by atoms with E-state index < -0.39 is 17.6 Å². The highest BCUT2D eigenvalue weighted by atomic mass is 16.7. The SMILES string of the molecule is CC(NC(=O)CNC(=O)CNC(=O)OC(C)(C)C)c1ccc2c(c1)OCO2. The lowest BCUT2D eigenvalue weighted by molar-refractivity contribution is -0.125. The Morgan fingerprint density at radius 1 is 1.07 bits per heavy atom. The zero-order chi connectivity index (χ0) is 20.0. The second-order valence-corrected chi connectivity index (χ2v) is 7.03. The fraction of sp³-hybridized carbons (Fsp3) is 0.500. The molecule has 0 fully saturated rings. The number of carbonyl (C=O) groups excluding carboxylic acids is 3. The monoisotopic (exact) mass is 379 g/mol. The fourth-order valence-electron chi connectivity index (χ4n) is 2.27. The molecule has 1 aromatic carbocycles. The van der Waals surface area contributed by atoms with Crippen molar-refractivity contribution >= 4 is 17.9 Å². The van der Waals surface area contributed by atoms with Gasteiger partial charge in [-0.1, -0.05) is 6.07 Å². The van der Waals surface area contributed by atoms with E-state index in [1.807, 2.05) is 13.0 Å². The molecule has 148 valence electrons. The van der Waals surface area contributed by atoms with E-state index in [-0.39, 0.29) is 31.8 Å². The van der Waals surface area contributed by atoms with Crippen LogP contribution in [0.25, 0.3) is 0 Å². The average Bonchev–Trinajstić information content (AvgIpc) is 3.04. The maximum atomic E-state index is 12.0. The molecule has 1 atom stereocenters. The molecule has 0 saturated carbocycles. The van der Waals surface area contributed by atoms with Crippen LogP contribution in [0.1, 0.15) is 39.3 Å². The predicted molar refractivity (Wildman–Crippen MR) is 96.4 cm³/mol. The number of nitrogens with one attached hydrogen (secondary N) is 3. The summed E-state index contributed by atoms with van der Waals surface area (Å²) in [5.41, 5.74) is 0.205. The second kappa shape index (κ2) is 8.61. The van der Waals surface area contributed by atoms with Gasteiger partial charge in [0.2, 0.25) is 18.6 Å². The molecule has 2 rings (SSSR count). The highest BCUT2D eigenvalue weighted by molar-refractivity contribution is 5.87. The number of benzene rings is 1. The summed E-state index contributed by atoms with van der Waals surface area (Å²) in [6, 6.07) is 5.15. The van der Waals surface area contributed by atoms with Crippen molar-refractivity contribution in [3.63, 3.8) is 0 Å². The van der Waals surface area contributed by atoms with Gasteiger partial charge in [-0.05, 0) is 45.4 Å². The first-order valence-electron chi connectivity index (χ1n) is 8.56. The van der Waals surface area contributed by atoms with Crippen molar-refractivity contribution < 1.29 is 28.6 Å². The van der Waals surface area contributed by atoms with Crippen LogP contribution in [-0.4, -0.2) is 43.4 Å². The molecule has 1 unspecified atom stereocenters. The number of amides is 3. The molecule has 3 N–H and O–H groups in total. The van der Waals surface area contributed by atoms with Crippen molar-refractivity contribution in [2.45, 2.75) is 39.3 Å². The van der Waals surface area contributed by atoms with Crippen LogP contribution in [0.2, 0.25) is 0 Å². The summed E-state index contributed by atoms with van der Waals surface area (Å²) in [6.07, 6.45) is -0.696. The van der Waals surface area contributed by atoms with E-state index in [1.54, 1.807) is 32.9 Å². The van der Waals surface area contributed by atoms with Crippen molar-refractivity contribution in [2.75, 3.05) is 19.9 Å². The summed E-state index contributed by atoms with van der Waals surface area (Å²) >= 11 is 0. The molecule has 0 radical (unpaired) electrons. The third-order valence-electron chi connectivity index (χ3n) is 3.51. The van der Waals surface area contributed by atoms with Crippen molar-refractivity contribution in [1.29, 1.82) is 0 Å². The first-order valence-corrected chi connectivity index (χ1v) is 8.56.